The van der Waals surface area contributed by atoms with Crippen molar-refractivity contribution in [3.63, 3.8) is 0 Å². The summed E-state index contributed by atoms with van der Waals surface area (Å²) in [5, 5.41) is 2.88. The predicted molar refractivity (Wildman–Crippen MR) is 94.3 cm³/mol. The Balaban J connectivity index is 2.52. The van der Waals surface area contributed by atoms with Crippen molar-refractivity contribution < 1.29 is 9.59 Å². The van der Waals surface area contributed by atoms with E-state index in [9.17, 15) is 9.59 Å². The zero-order valence-electron chi connectivity index (χ0n) is 14.1. The van der Waals surface area contributed by atoms with Gasteiger partial charge < -0.3 is 10.2 Å². The van der Waals surface area contributed by atoms with Gasteiger partial charge in [0.25, 0.3) is 0 Å². The highest BCUT2D eigenvalue weighted by atomic mass is 32.2. The molecule has 4 nitrogen and oxygen atoms in total. The first-order valence-corrected chi connectivity index (χ1v) is 8.47. The second kappa shape index (κ2) is 8.22. The van der Waals surface area contributed by atoms with E-state index >= 15 is 0 Å². The number of likely N-dealkylation sites (N-methyl/N-ethyl adjacent to an activating group) is 1. The average Bonchev–Trinajstić information content (AvgIpc) is 2.44. The van der Waals surface area contributed by atoms with Crippen LogP contribution in [-0.4, -0.2) is 40.8 Å². The monoisotopic (exact) mass is 322 g/mol. The Morgan fingerprint density at radius 3 is 2.45 bits per heavy atom. The highest BCUT2D eigenvalue weighted by Crippen LogP contribution is 2.23. The molecule has 0 aliphatic carbocycles. The number of benzene rings is 1. The van der Waals surface area contributed by atoms with Crippen LogP contribution in [0, 0.1) is 0 Å². The molecule has 0 saturated carbocycles. The second-order valence-corrected chi connectivity index (χ2v) is 8.01. The van der Waals surface area contributed by atoms with E-state index in [1.165, 1.54) is 4.90 Å². The summed E-state index contributed by atoms with van der Waals surface area (Å²) < 4.78 is 0.0405. The number of aryl methyl sites for hydroxylation is 1. The minimum absolute atomic E-state index is 0.0288. The molecule has 122 valence electrons. The lowest BCUT2D eigenvalue weighted by Crippen LogP contribution is -2.36. The topological polar surface area (TPSA) is 49.4 Å². The number of carbonyl (C=O) groups is 2. The van der Waals surface area contributed by atoms with Crippen molar-refractivity contribution in [1.29, 1.82) is 0 Å². The van der Waals surface area contributed by atoms with Crippen molar-refractivity contribution >= 4 is 29.3 Å². The Morgan fingerprint density at radius 1 is 1.23 bits per heavy atom. The van der Waals surface area contributed by atoms with Crippen LogP contribution in [-0.2, 0) is 16.0 Å². The summed E-state index contributed by atoms with van der Waals surface area (Å²) in [6.07, 6.45) is 0.855. The molecule has 0 aromatic heterocycles. The van der Waals surface area contributed by atoms with Gasteiger partial charge in [-0.1, -0.05) is 45.9 Å². The van der Waals surface area contributed by atoms with Gasteiger partial charge in [0.1, 0.15) is 0 Å². The van der Waals surface area contributed by atoms with Crippen LogP contribution in [0.5, 0.6) is 0 Å². The van der Waals surface area contributed by atoms with Gasteiger partial charge in [0.2, 0.25) is 11.8 Å². The molecule has 0 atom stereocenters. The first kappa shape index (κ1) is 18.6. The van der Waals surface area contributed by atoms with Crippen LogP contribution >= 0.6 is 11.8 Å². The van der Waals surface area contributed by atoms with Crippen molar-refractivity contribution in [3.8, 4) is 0 Å². The van der Waals surface area contributed by atoms with Crippen LogP contribution in [0.25, 0.3) is 0 Å². The molecule has 1 aromatic carbocycles. The molecule has 0 bridgehead atoms. The maximum atomic E-state index is 12.1. The minimum atomic E-state index is -0.169. The van der Waals surface area contributed by atoms with Gasteiger partial charge in [-0.3, -0.25) is 9.59 Å². The number of thioether (sulfide) groups is 1. The van der Waals surface area contributed by atoms with Crippen LogP contribution in [0.1, 0.15) is 33.3 Å². The molecule has 1 aromatic rings. The Kier molecular flexibility index (Phi) is 6.94. The molecule has 0 fully saturated rings. The molecular weight excluding hydrogens is 296 g/mol. The van der Waals surface area contributed by atoms with E-state index in [4.69, 9.17) is 0 Å². The number of para-hydroxylation sites is 1. The Bertz CT molecular complexity index is 524. The van der Waals surface area contributed by atoms with Crippen molar-refractivity contribution in [2.45, 2.75) is 38.9 Å². The molecule has 0 aliphatic rings. The Labute approximate surface area is 137 Å². The second-order valence-electron chi connectivity index (χ2n) is 6.21. The maximum absolute atomic E-state index is 12.1. The zero-order valence-corrected chi connectivity index (χ0v) is 14.9. The van der Waals surface area contributed by atoms with E-state index in [0.717, 1.165) is 17.7 Å². The number of hydrogen-bond donors (Lipinski definition) is 1. The largest absolute Gasteiger partial charge is 0.336 e. The third-order valence-corrected chi connectivity index (χ3v) is 4.36. The fourth-order valence-corrected chi connectivity index (χ4v) is 2.61. The predicted octanol–water partition coefficient (Wildman–Crippen LogP) is 3.18. The molecule has 0 saturated heterocycles. The van der Waals surface area contributed by atoms with Crippen molar-refractivity contribution in [2.75, 3.05) is 24.7 Å². The normalized spacial score (nSPS) is 11.1. The molecule has 1 N–H and O–H groups in total. The van der Waals surface area contributed by atoms with E-state index in [2.05, 4.69) is 26.1 Å². The van der Waals surface area contributed by atoms with Crippen LogP contribution in [0.4, 0.5) is 5.69 Å². The molecule has 0 spiro atoms. The van der Waals surface area contributed by atoms with E-state index in [-0.39, 0.29) is 23.1 Å². The van der Waals surface area contributed by atoms with Crippen molar-refractivity contribution in [1.82, 2.24) is 4.90 Å². The van der Waals surface area contributed by atoms with Crippen LogP contribution in [0.2, 0.25) is 0 Å². The smallest absolute Gasteiger partial charge is 0.243 e. The lowest BCUT2D eigenvalue weighted by Gasteiger charge is -2.21. The van der Waals surface area contributed by atoms with Gasteiger partial charge in [-0.2, -0.15) is 0 Å². The molecule has 0 radical (unpaired) electrons. The van der Waals surface area contributed by atoms with Gasteiger partial charge in [-0.25, -0.2) is 0 Å². The average molecular weight is 322 g/mol. The highest BCUT2D eigenvalue weighted by Gasteiger charge is 2.17. The third kappa shape index (κ3) is 6.52. The van der Waals surface area contributed by atoms with Gasteiger partial charge in [0, 0.05) is 17.5 Å². The summed E-state index contributed by atoms with van der Waals surface area (Å²) in [5.41, 5.74) is 1.91. The maximum Gasteiger partial charge on any atom is 0.243 e. The highest BCUT2D eigenvalue weighted by molar-refractivity contribution is 8.01. The van der Waals surface area contributed by atoms with Crippen LogP contribution < -0.4 is 5.32 Å². The number of rotatable bonds is 6. The number of amides is 2. The fraction of sp³-hybridized carbons (Fsp3) is 0.529. The van der Waals surface area contributed by atoms with E-state index in [1.807, 2.05) is 31.2 Å². The Hall–Kier alpha value is -1.49. The molecule has 2 amide bonds. The fourth-order valence-electron chi connectivity index (χ4n) is 1.83. The summed E-state index contributed by atoms with van der Waals surface area (Å²) in [7, 11) is 1.66. The molecule has 0 heterocycles. The molecule has 22 heavy (non-hydrogen) atoms. The third-order valence-electron chi connectivity index (χ3n) is 3.11. The first-order chi connectivity index (χ1) is 10.2. The quantitative estimate of drug-likeness (QED) is 0.875. The summed E-state index contributed by atoms with van der Waals surface area (Å²) in [6.45, 7) is 8.32. The summed E-state index contributed by atoms with van der Waals surface area (Å²) >= 11 is 1.58. The van der Waals surface area contributed by atoms with Gasteiger partial charge in [0.05, 0.1) is 12.3 Å². The van der Waals surface area contributed by atoms with Gasteiger partial charge in [-0.15, -0.1) is 11.8 Å². The SMILES string of the molecule is CCc1ccccc1NC(=O)CN(C)C(=O)CSC(C)(C)C. The minimum Gasteiger partial charge on any atom is -0.336 e. The summed E-state index contributed by atoms with van der Waals surface area (Å²) in [4.78, 5) is 25.6. The van der Waals surface area contributed by atoms with E-state index in [0.29, 0.717) is 5.75 Å². The van der Waals surface area contributed by atoms with Crippen molar-refractivity contribution in [2.24, 2.45) is 0 Å². The van der Waals surface area contributed by atoms with Crippen molar-refractivity contribution in [3.05, 3.63) is 29.8 Å². The summed E-state index contributed by atoms with van der Waals surface area (Å²) in [5.74, 6) is 0.190. The van der Waals surface area contributed by atoms with E-state index in [1.54, 1.807) is 18.8 Å². The number of nitrogens with one attached hydrogen (secondary N) is 1. The first-order valence-electron chi connectivity index (χ1n) is 7.48. The molecule has 5 heteroatoms. The zero-order chi connectivity index (χ0) is 16.8. The van der Waals surface area contributed by atoms with Gasteiger partial charge in [0.15, 0.2) is 0 Å². The van der Waals surface area contributed by atoms with E-state index < -0.39 is 0 Å². The number of nitrogens with zero attached hydrogens (tertiary/aromatic N) is 1. The number of carbonyl (C=O) groups excluding carboxylic acids is 2. The summed E-state index contributed by atoms with van der Waals surface area (Å²) in [6, 6.07) is 7.72. The lowest BCUT2D eigenvalue weighted by molar-refractivity contribution is -0.131. The molecule has 0 aliphatic heterocycles. The van der Waals surface area contributed by atoms with Crippen LogP contribution in [0.15, 0.2) is 24.3 Å². The number of hydrogen-bond acceptors (Lipinski definition) is 3. The van der Waals surface area contributed by atoms with Gasteiger partial charge in [-0.05, 0) is 18.1 Å². The molecule has 1 rings (SSSR count). The molecule has 0 unspecified atom stereocenters. The number of anilines is 1. The Morgan fingerprint density at radius 2 is 1.86 bits per heavy atom. The van der Waals surface area contributed by atoms with Gasteiger partial charge >= 0.3 is 0 Å². The lowest BCUT2D eigenvalue weighted by atomic mass is 10.1. The van der Waals surface area contributed by atoms with Crippen LogP contribution in [0.3, 0.4) is 0 Å². The standard InChI is InChI=1S/C17H26N2O2S/c1-6-13-9-7-8-10-14(13)18-15(20)11-19(5)16(21)12-22-17(2,3)4/h7-10H,6,11-12H2,1-5H3,(H,18,20). The molecular formula is C17H26N2O2S.